The van der Waals surface area contributed by atoms with Crippen molar-refractivity contribution in [2.45, 2.75) is 32.6 Å². The van der Waals surface area contributed by atoms with Crippen LogP contribution in [0, 0.1) is 12.3 Å². The highest BCUT2D eigenvalue weighted by molar-refractivity contribution is 7.93. The Bertz CT molecular complexity index is 745. The van der Waals surface area contributed by atoms with Gasteiger partial charge in [-0.25, -0.2) is 17.2 Å². The average Bonchev–Trinajstić information content (AvgIpc) is 3.21. The van der Waals surface area contributed by atoms with Crippen LogP contribution in [0.15, 0.2) is 18.2 Å². The van der Waals surface area contributed by atoms with Gasteiger partial charge >= 0.3 is 0 Å². The molecule has 0 spiro atoms. The molecule has 1 saturated heterocycles. The second kappa shape index (κ2) is 5.43. The highest BCUT2D eigenvalue weighted by atomic mass is 32.2. The van der Waals surface area contributed by atoms with Crippen molar-refractivity contribution in [3.05, 3.63) is 23.8 Å². The summed E-state index contributed by atoms with van der Waals surface area (Å²) in [6.45, 7) is 2.16. The molecular weight excluding hydrogens is 326 g/mol. The van der Waals surface area contributed by atoms with Crippen molar-refractivity contribution < 1.29 is 22.0 Å². The van der Waals surface area contributed by atoms with Crippen LogP contribution < -0.4 is 9.62 Å². The summed E-state index contributed by atoms with van der Waals surface area (Å²) >= 11 is 0. The standard InChI is InChI=1S/C15H18F2N2O3S/c1-10-3-4-11(18-14(20)15(5-6-15)13(16)17)9-12(10)19-7-2-8-23(19,21)22/h3-4,9,13H,2,5-8H2,1H3,(H,18,20). The molecule has 1 aliphatic heterocycles. The lowest BCUT2D eigenvalue weighted by Crippen LogP contribution is -2.30. The third-order valence-electron chi connectivity index (χ3n) is 4.49. The van der Waals surface area contributed by atoms with Gasteiger partial charge in [0.05, 0.1) is 11.4 Å². The lowest BCUT2D eigenvalue weighted by atomic mass is 10.1. The summed E-state index contributed by atoms with van der Waals surface area (Å²) in [5, 5.41) is 2.50. The number of rotatable bonds is 4. The van der Waals surface area contributed by atoms with E-state index >= 15 is 0 Å². The zero-order valence-corrected chi connectivity index (χ0v) is 13.5. The molecule has 1 saturated carbocycles. The molecule has 1 aliphatic carbocycles. The molecule has 0 unspecified atom stereocenters. The van der Waals surface area contributed by atoms with Crippen molar-refractivity contribution in [3.8, 4) is 0 Å². The van der Waals surface area contributed by atoms with Crippen molar-refractivity contribution >= 4 is 27.3 Å². The van der Waals surface area contributed by atoms with Gasteiger partial charge in [0.15, 0.2) is 0 Å². The van der Waals surface area contributed by atoms with E-state index in [0.29, 0.717) is 24.3 Å². The molecule has 2 fully saturated rings. The normalized spacial score (nSPS) is 21.5. The van der Waals surface area contributed by atoms with Crippen LogP contribution >= 0.6 is 0 Å². The number of halogens is 2. The van der Waals surface area contributed by atoms with Crippen LogP contribution in [0.2, 0.25) is 0 Å². The van der Waals surface area contributed by atoms with Crippen molar-refractivity contribution in [2.24, 2.45) is 5.41 Å². The van der Waals surface area contributed by atoms with Gasteiger partial charge in [0.2, 0.25) is 15.9 Å². The summed E-state index contributed by atoms with van der Waals surface area (Å²) < 4.78 is 51.4. The summed E-state index contributed by atoms with van der Waals surface area (Å²) in [6, 6.07) is 4.82. The van der Waals surface area contributed by atoms with Gasteiger partial charge in [-0.15, -0.1) is 0 Å². The minimum Gasteiger partial charge on any atom is -0.325 e. The minimum atomic E-state index is -3.34. The Kier molecular flexibility index (Phi) is 3.82. The highest BCUT2D eigenvalue weighted by Crippen LogP contribution is 2.51. The Hall–Kier alpha value is -1.70. The summed E-state index contributed by atoms with van der Waals surface area (Å²) in [5.41, 5.74) is 0.000369. The molecule has 23 heavy (non-hydrogen) atoms. The number of aryl methyl sites for hydroxylation is 1. The zero-order valence-electron chi connectivity index (χ0n) is 12.7. The lowest BCUT2D eigenvalue weighted by Gasteiger charge is -2.21. The van der Waals surface area contributed by atoms with Crippen molar-refractivity contribution in [3.63, 3.8) is 0 Å². The van der Waals surface area contributed by atoms with Crippen LogP contribution in [0.25, 0.3) is 0 Å². The number of benzene rings is 1. The summed E-state index contributed by atoms with van der Waals surface area (Å²) in [4.78, 5) is 12.1. The molecule has 126 valence electrons. The fourth-order valence-corrected chi connectivity index (χ4v) is 4.42. The van der Waals surface area contributed by atoms with Gasteiger partial charge in [-0.3, -0.25) is 9.10 Å². The highest BCUT2D eigenvalue weighted by Gasteiger charge is 2.57. The number of amides is 1. The number of carbonyl (C=O) groups excluding carboxylic acids is 1. The van der Waals surface area contributed by atoms with Crippen LogP contribution in [-0.2, 0) is 14.8 Å². The third-order valence-corrected chi connectivity index (χ3v) is 6.35. The molecule has 1 aromatic carbocycles. The fourth-order valence-electron chi connectivity index (χ4n) is 2.80. The van der Waals surface area contributed by atoms with E-state index in [-0.39, 0.29) is 18.6 Å². The predicted molar refractivity (Wildman–Crippen MR) is 83.2 cm³/mol. The Morgan fingerprint density at radius 1 is 1.35 bits per heavy atom. The van der Waals surface area contributed by atoms with Gasteiger partial charge < -0.3 is 5.32 Å². The Balaban J connectivity index is 1.85. The van der Waals surface area contributed by atoms with Crippen LogP contribution in [0.5, 0.6) is 0 Å². The molecule has 1 N–H and O–H groups in total. The van der Waals surface area contributed by atoms with Gasteiger partial charge in [0, 0.05) is 12.2 Å². The topological polar surface area (TPSA) is 66.5 Å². The van der Waals surface area contributed by atoms with E-state index in [1.54, 1.807) is 19.1 Å². The summed E-state index contributed by atoms with van der Waals surface area (Å²) in [6.07, 6.45) is -1.79. The SMILES string of the molecule is Cc1ccc(NC(=O)C2(C(F)F)CC2)cc1N1CCCS1(=O)=O. The first-order valence-electron chi connectivity index (χ1n) is 7.47. The van der Waals surface area contributed by atoms with E-state index in [1.165, 1.54) is 10.4 Å². The van der Waals surface area contributed by atoms with Crippen molar-refractivity contribution in [2.75, 3.05) is 21.9 Å². The number of anilines is 2. The van der Waals surface area contributed by atoms with E-state index in [1.807, 2.05) is 0 Å². The Morgan fingerprint density at radius 3 is 2.57 bits per heavy atom. The molecule has 1 heterocycles. The number of nitrogens with one attached hydrogen (secondary N) is 1. The van der Waals surface area contributed by atoms with E-state index < -0.39 is 27.8 Å². The largest absolute Gasteiger partial charge is 0.325 e. The number of hydrogen-bond acceptors (Lipinski definition) is 3. The second-order valence-electron chi connectivity index (χ2n) is 6.15. The van der Waals surface area contributed by atoms with Gasteiger partial charge in [0.1, 0.15) is 5.41 Å². The summed E-state index contributed by atoms with van der Waals surface area (Å²) in [7, 11) is -3.34. The first kappa shape index (κ1) is 16.2. The molecule has 0 atom stereocenters. The molecule has 0 bridgehead atoms. The smallest absolute Gasteiger partial charge is 0.252 e. The zero-order chi connectivity index (χ0) is 16.8. The van der Waals surface area contributed by atoms with Gasteiger partial charge in [0.25, 0.3) is 6.43 Å². The number of carbonyl (C=O) groups is 1. The molecule has 3 rings (SSSR count). The first-order valence-corrected chi connectivity index (χ1v) is 9.08. The Morgan fingerprint density at radius 2 is 2.04 bits per heavy atom. The van der Waals surface area contributed by atoms with E-state index in [0.717, 1.165) is 5.56 Å². The molecule has 1 amide bonds. The maximum absolute atomic E-state index is 13.0. The number of alkyl halides is 2. The molecule has 0 aromatic heterocycles. The van der Waals surface area contributed by atoms with Gasteiger partial charge in [-0.05, 0) is 43.9 Å². The van der Waals surface area contributed by atoms with Gasteiger partial charge in [-0.1, -0.05) is 6.07 Å². The third kappa shape index (κ3) is 2.80. The number of hydrogen-bond donors (Lipinski definition) is 1. The summed E-state index contributed by atoms with van der Waals surface area (Å²) in [5.74, 6) is -0.607. The molecular formula is C15H18F2N2O3S. The van der Waals surface area contributed by atoms with Crippen molar-refractivity contribution in [1.29, 1.82) is 0 Å². The van der Waals surface area contributed by atoms with E-state index in [9.17, 15) is 22.0 Å². The van der Waals surface area contributed by atoms with Crippen LogP contribution in [0.4, 0.5) is 20.2 Å². The maximum Gasteiger partial charge on any atom is 0.252 e. The van der Waals surface area contributed by atoms with Crippen LogP contribution in [0.3, 0.4) is 0 Å². The van der Waals surface area contributed by atoms with E-state index in [4.69, 9.17) is 0 Å². The molecule has 5 nitrogen and oxygen atoms in total. The predicted octanol–water partition coefficient (Wildman–Crippen LogP) is 2.52. The van der Waals surface area contributed by atoms with Crippen molar-refractivity contribution in [1.82, 2.24) is 0 Å². The molecule has 0 radical (unpaired) electrons. The maximum atomic E-state index is 13.0. The van der Waals surface area contributed by atoms with Gasteiger partial charge in [-0.2, -0.15) is 0 Å². The van der Waals surface area contributed by atoms with Crippen LogP contribution in [-0.4, -0.2) is 33.0 Å². The number of sulfonamides is 1. The fraction of sp³-hybridized carbons (Fsp3) is 0.533. The lowest BCUT2D eigenvalue weighted by molar-refractivity contribution is -0.126. The average molecular weight is 344 g/mol. The Labute approximate surface area is 133 Å². The second-order valence-corrected chi connectivity index (χ2v) is 8.17. The van der Waals surface area contributed by atoms with E-state index in [2.05, 4.69) is 5.32 Å². The van der Waals surface area contributed by atoms with Crippen LogP contribution in [0.1, 0.15) is 24.8 Å². The quantitative estimate of drug-likeness (QED) is 0.913. The molecule has 2 aliphatic rings. The molecule has 8 heteroatoms. The number of nitrogens with zero attached hydrogens (tertiary/aromatic N) is 1. The molecule has 1 aromatic rings. The minimum absolute atomic E-state index is 0.0948. The first-order chi connectivity index (χ1) is 10.8. The monoisotopic (exact) mass is 344 g/mol.